The van der Waals surface area contributed by atoms with Crippen LogP contribution in [0.25, 0.3) is 0 Å². The van der Waals surface area contributed by atoms with Crippen molar-refractivity contribution in [3.8, 4) is 17.2 Å². The summed E-state index contributed by atoms with van der Waals surface area (Å²) in [6.45, 7) is 15.3. The van der Waals surface area contributed by atoms with Crippen molar-refractivity contribution in [2.24, 2.45) is 0 Å². The summed E-state index contributed by atoms with van der Waals surface area (Å²) in [5, 5.41) is 0. The molecule has 2 rings (SSSR count). The number of ether oxygens (including phenoxy) is 3. The van der Waals surface area contributed by atoms with Crippen LogP contribution in [0.15, 0.2) is 78.9 Å². The van der Waals surface area contributed by atoms with Crippen LogP contribution in [0.1, 0.15) is 31.9 Å². The standard InChI is InChI=1S/C25H24O6/c1-15(2)23(26)29-20-10-7-18(8-11-20)13-19-9-12-21(30-24(27)16(3)4)22(14-19)31-25(28)17(5)6/h7-12,14H,1,3,5,13H2,2,4,6H3. The van der Waals surface area contributed by atoms with E-state index in [2.05, 4.69) is 19.7 Å². The van der Waals surface area contributed by atoms with E-state index in [-0.39, 0.29) is 22.6 Å². The molecule has 0 amide bonds. The summed E-state index contributed by atoms with van der Waals surface area (Å²) in [4.78, 5) is 35.5. The first-order valence-electron chi connectivity index (χ1n) is 9.41. The molecule has 6 nitrogen and oxygen atoms in total. The summed E-state index contributed by atoms with van der Waals surface area (Å²) in [6, 6.07) is 11.9. The van der Waals surface area contributed by atoms with Crippen molar-refractivity contribution in [3.63, 3.8) is 0 Å². The molecule has 0 bridgehead atoms. The highest BCUT2D eigenvalue weighted by molar-refractivity contribution is 5.91. The minimum atomic E-state index is -0.631. The van der Waals surface area contributed by atoms with Crippen molar-refractivity contribution in [2.75, 3.05) is 0 Å². The Bertz CT molecular complexity index is 1060. The molecule has 0 unspecified atom stereocenters. The first kappa shape index (κ1) is 23.3. The lowest BCUT2D eigenvalue weighted by molar-refractivity contribution is -0.132. The Kier molecular flexibility index (Phi) is 7.69. The highest BCUT2D eigenvalue weighted by Crippen LogP contribution is 2.31. The van der Waals surface area contributed by atoms with E-state index in [0.717, 1.165) is 11.1 Å². The van der Waals surface area contributed by atoms with Crippen LogP contribution in [0.5, 0.6) is 17.2 Å². The average Bonchev–Trinajstić information content (AvgIpc) is 2.70. The number of benzene rings is 2. The number of hydrogen-bond donors (Lipinski definition) is 0. The molecule has 0 saturated carbocycles. The van der Waals surface area contributed by atoms with Crippen LogP contribution in [0, 0.1) is 0 Å². The smallest absolute Gasteiger partial charge is 0.338 e. The predicted octanol–water partition coefficient (Wildman–Crippen LogP) is 4.72. The molecule has 0 N–H and O–H groups in total. The Hall–Kier alpha value is -3.93. The van der Waals surface area contributed by atoms with Crippen LogP contribution in [0.3, 0.4) is 0 Å². The van der Waals surface area contributed by atoms with E-state index in [1.165, 1.54) is 13.8 Å². The van der Waals surface area contributed by atoms with Gasteiger partial charge in [0, 0.05) is 16.7 Å². The number of hydrogen-bond acceptors (Lipinski definition) is 6. The Morgan fingerprint density at radius 1 is 0.645 bits per heavy atom. The molecule has 0 spiro atoms. The largest absolute Gasteiger partial charge is 0.423 e. The van der Waals surface area contributed by atoms with E-state index in [1.54, 1.807) is 37.3 Å². The quantitative estimate of drug-likeness (QED) is 0.349. The average molecular weight is 420 g/mol. The molecule has 0 radical (unpaired) electrons. The van der Waals surface area contributed by atoms with Gasteiger partial charge in [-0.05, 0) is 62.6 Å². The van der Waals surface area contributed by atoms with Gasteiger partial charge in [-0.3, -0.25) is 0 Å². The van der Waals surface area contributed by atoms with E-state index in [0.29, 0.717) is 17.7 Å². The van der Waals surface area contributed by atoms with Gasteiger partial charge < -0.3 is 14.2 Å². The van der Waals surface area contributed by atoms with E-state index >= 15 is 0 Å². The molecule has 160 valence electrons. The molecule has 0 saturated heterocycles. The van der Waals surface area contributed by atoms with Gasteiger partial charge in [0.25, 0.3) is 0 Å². The molecule has 0 aromatic heterocycles. The second-order valence-corrected chi connectivity index (χ2v) is 7.11. The number of carbonyl (C=O) groups is 3. The molecule has 2 aromatic rings. The predicted molar refractivity (Wildman–Crippen MR) is 117 cm³/mol. The normalized spacial score (nSPS) is 10.0. The lowest BCUT2D eigenvalue weighted by atomic mass is 10.0. The molecule has 31 heavy (non-hydrogen) atoms. The Morgan fingerprint density at radius 3 is 1.61 bits per heavy atom. The van der Waals surface area contributed by atoms with Crippen molar-refractivity contribution < 1.29 is 28.6 Å². The van der Waals surface area contributed by atoms with Gasteiger partial charge in [0.2, 0.25) is 0 Å². The fraction of sp³-hybridized carbons (Fsp3) is 0.160. The third-order valence-electron chi connectivity index (χ3n) is 4.00. The first-order valence-corrected chi connectivity index (χ1v) is 9.41. The van der Waals surface area contributed by atoms with E-state index < -0.39 is 17.9 Å². The van der Waals surface area contributed by atoms with Crippen molar-refractivity contribution >= 4 is 17.9 Å². The van der Waals surface area contributed by atoms with Crippen LogP contribution in [-0.2, 0) is 20.8 Å². The maximum absolute atomic E-state index is 12.0. The molecule has 2 aromatic carbocycles. The Labute approximate surface area is 181 Å². The molecule has 0 fully saturated rings. The molecule has 0 aliphatic carbocycles. The van der Waals surface area contributed by atoms with Crippen LogP contribution in [-0.4, -0.2) is 17.9 Å². The van der Waals surface area contributed by atoms with E-state index in [9.17, 15) is 14.4 Å². The van der Waals surface area contributed by atoms with Crippen molar-refractivity contribution in [1.82, 2.24) is 0 Å². The fourth-order valence-corrected chi connectivity index (χ4v) is 2.31. The zero-order valence-corrected chi connectivity index (χ0v) is 17.8. The number of rotatable bonds is 8. The van der Waals surface area contributed by atoms with Gasteiger partial charge >= 0.3 is 17.9 Å². The van der Waals surface area contributed by atoms with Gasteiger partial charge in [-0.2, -0.15) is 0 Å². The summed E-state index contributed by atoms with van der Waals surface area (Å²) in [5.41, 5.74) is 2.48. The molecule has 0 atom stereocenters. The third kappa shape index (κ3) is 6.82. The maximum atomic E-state index is 12.0. The van der Waals surface area contributed by atoms with Crippen LogP contribution < -0.4 is 14.2 Å². The molecule has 0 aliphatic heterocycles. The van der Waals surface area contributed by atoms with E-state index in [4.69, 9.17) is 14.2 Å². The molecular weight excluding hydrogens is 396 g/mol. The van der Waals surface area contributed by atoms with Crippen LogP contribution in [0.4, 0.5) is 0 Å². The minimum absolute atomic E-state index is 0.104. The van der Waals surface area contributed by atoms with E-state index in [1.807, 2.05) is 12.1 Å². The van der Waals surface area contributed by atoms with Crippen molar-refractivity contribution in [3.05, 3.63) is 90.0 Å². The zero-order valence-electron chi connectivity index (χ0n) is 17.8. The lowest BCUT2D eigenvalue weighted by Gasteiger charge is -2.13. The number of esters is 3. The number of carbonyl (C=O) groups excluding carboxylic acids is 3. The SMILES string of the molecule is C=C(C)C(=O)Oc1ccc(Cc2ccc(OC(=O)C(=C)C)c(OC(=O)C(=C)C)c2)cc1. The summed E-state index contributed by atoms with van der Waals surface area (Å²) < 4.78 is 15.8. The van der Waals surface area contributed by atoms with Gasteiger partial charge in [0.05, 0.1) is 0 Å². The third-order valence-corrected chi connectivity index (χ3v) is 4.00. The summed E-state index contributed by atoms with van der Waals surface area (Å²) >= 11 is 0. The lowest BCUT2D eigenvalue weighted by Crippen LogP contribution is -2.13. The van der Waals surface area contributed by atoms with Gasteiger partial charge in [0.1, 0.15) is 5.75 Å². The first-order chi connectivity index (χ1) is 14.6. The van der Waals surface area contributed by atoms with Crippen molar-refractivity contribution in [1.29, 1.82) is 0 Å². The highest BCUT2D eigenvalue weighted by Gasteiger charge is 2.16. The second-order valence-electron chi connectivity index (χ2n) is 7.11. The van der Waals surface area contributed by atoms with Gasteiger partial charge in [-0.25, -0.2) is 14.4 Å². The Balaban J connectivity index is 2.24. The zero-order chi connectivity index (χ0) is 23.1. The van der Waals surface area contributed by atoms with Crippen LogP contribution >= 0.6 is 0 Å². The molecular formula is C25H24O6. The molecule has 0 heterocycles. The summed E-state index contributed by atoms with van der Waals surface area (Å²) in [5.74, 6) is -1.12. The van der Waals surface area contributed by atoms with Crippen LogP contribution in [0.2, 0.25) is 0 Å². The summed E-state index contributed by atoms with van der Waals surface area (Å²) in [7, 11) is 0. The molecule has 0 aliphatic rings. The second kappa shape index (κ2) is 10.2. The monoisotopic (exact) mass is 420 g/mol. The van der Waals surface area contributed by atoms with Gasteiger partial charge in [-0.1, -0.05) is 37.9 Å². The topological polar surface area (TPSA) is 78.9 Å². The van der Waals surface area contributed by atoms with Crippen molar-refractivity contribution in [2.45, 2.75) is 27.2 Å². The minimum Gasteiger partial charge on any atom is -0.423 e. The Morgan fingerprint density at radius 2 is 1.10 bits per heavy atom. The van der Waals surface area contributed by atoms with Gasteiger partial charge in [0.15, 0.2) is 11.5 Å². The maximum Gasteiger partial charge on any atom is 0.338 e. The molecule has 6 heteroatoms. The highest BCUT2D eigenvalue weighted by atomic mass is 16.6. The fourth-order valence-electron chi connectivity index (χ4n) is 2.31. The van der Waals surface area contributed by atoms with Gasteiger partial charge in [-0.15, -0.1) is 0 Å². The summed E-state index contributed by atoms with van der Waals surface area (Å²) in [6.07, 6.45) is 0.501.